The summed E-state index contributed by atoms with van der Waals surface area (Å²) in [4.78, 5) is 18.3. The summed E-state index contributed by atoms with van der Waals surface area (Å²) < 4.78 is 52.5. The van der Waals surface area contributed by atoms with E-state index in [1.807, 2.05) is 6.92 Å². The van der Waals surface area contributed by atoms with E-state index in [0.717, 1.165) is 32.2 Å². The number of fused-ring (bicyclic) bond motifs is 5. The minimum atomic E-state index is -0.903. The monoisotopic (exact) mass is 615 g/mol. The van der Waals surface area contributed by atoms with Crippen LogP contribution in [-0.2, 0) is 6.42 Å². The van der Waals surface area contributed by atoms with Crippen molar-refractivity contribution in [1.29, 1.82) is 0 Å². The van der Waals surface area contributed by atoms with Gasteiger partial charge in [0.25, 0.3) is 0 Å². The van der Waals surface area contributed by atoms with Gasteiger partial charge in [-0.3, -0.25) is 9.88 Å². The number of aromatic nitrogens is 3. The highest BCUT2D eigenvalue weighted by Crippen LogP contribution is 2.45. The Morgan fingerprint density at radius 3 is 2.69 bits per heavy atom. The topological polar surface area (TPSA) is 74.6 Å². The van der Waals surface area contributed by atoms with Gasteiger partial charge in [0.2, 0.25) is 0 Å². The second-order valence-corrected chi connectivity index (χ2v) is 13.3. The largest absolute Gasteiger partial charge is 0.508 e. The molecule has 0 spiro atoms. The number of piperidine rings is 1. The average molecular weight is 616 g/mol. The zero-order chi connectivity index (χ0) is 31.0. The molecule has 4 aromatic rings. The van der Waals surface area contributed by atoms with Crippen molar-refractivity contribution in [3.8, 4) is 23.0 Å². The van der Waals surface area contributed by atoms with Gasteiger partial charge in [0.05, 0.1) is 10.9 Å². The summed E-state index contributed by atoms with van der Waals surface area (Å²) in [5.74, 6) is 0.0433. The molecule has 4 fully saturated rings. The molecule has 234 valence electrons. The number of benzene rings is 2. The quantitative estimate of drug-likeness (QED) is 0.241. The lowest BCUT2D eigenvalue weighted by molar-refractivity contribution is 0.107. The van der Waals surface area contributed by atoms with Crippen LogP contribution in [0, 0.1) is 23.5 Å². The predicted molar refractivity (Wildman–Crippen MR) is 167 cm³/mol. The third-order valence-corrected chi connectivity index (χ3v) is 10.7. The zero-order valence-corrected chi connectivity index (χ0v) is 25.3. The number of aromatic hydroxyl groups is 1. The first-order valence-electron chi connectivity index (χ1n) is 16.0. The summed E-state index contributed by atoms with van der Waals surface area (Å²) >= 11 is 0. The molecule has 1 N–H and O–H groups in total. The molecule has 8 rings (SSSR count). The Hall–Kier alpha value is -3.92. The van der Waals surface area contributed by atoms with Gasteiger partial charge >= 0.3 is 6.01 Å². The summed E-state index contributed by atoms with van der Waals surface area (Å²) in [6.07, 6.45) is 5.37. The number of phenolic OH excluding ortho intramolecular Hbond substituents is 1. The van der Waals surface area contributed by atoms with E-state index in [-0.39, 0.29) is 35.1 Å². The normalized spacial score (nSPS) is 26.4. The van der Waals surface area contributed by atoms with Crippen LogP contribution < -0.4 is 9.64 Å². The third kappa shape index (κ3) is 4.55. The van der Waals surface area contributed by atoms with E-state index in [0.29, 0.717) is 71.9 Å². The van der Waals surface area contributed by atoms with Crippen LogP contribution in [0.2, 0.25) is 0 Å². The van der Waals surface area contributed by atoms with Crippen molar-refractivity contribution in [3.63, 3.8) is 0 Å². The number of phenols is 1. The molecule has 3 saturated heterocycles. The van der Waals surface area contributed by atoms with Crippen molar-refractivity contribution in [2.24, 2.45) is 11.8 Å². The smallest absolute Gasteiger partial charge is 0.319 e. The molecule has 0 amide bonds. The fourth-order valence-corrected chi connectivity index (χ4v) is 8.50. The van der Waals surface area contributed by atoms with Crippen molar-refractivity contribution >= 4 is 27.5 Å². The molecule has 3 aliphatic heterocycles. The van der Waals surface area contributed by atoms with Crippen molar-refractivity contribution in [2.75, 3.05) is 37.7 Å². The van der Waals surface area contributed by atoms with Crippen LogP contribution in [0.4, 0.5) is 19.0 Å². The van der Waals surface area contributed by atoms with Crippen molar-refractivity contribution in [1.82, 2.24) is 19.9 Å². The molecule has 0 unspecified atom stereocenters. The lowest BCUT2D eigenvalue weighted by Crippen LogP contribution is -2.43. The van der Waals surface area contributed by atoms with E-state index in [2.05, 4.69) is 26.3 Å². The minimum absolute atomic E-state index is 0.0369. The number of anilines is 1. The molecule has 2 aromatic heterocycles. The molecular weight excluding hydrogens is 579 g/mol. The molecule has 0 radical (unpaired) electrons. The Morgan fingerprint density at radius 1 is 1.11 bits per heavy atom. The number of nitrogens with zero attached hydrogens (tertiary/aromatic N) is 5. The summed E-state index contributed by atoms with van der Waals surface area (Å²) in [5.41, 5.74) is 1.56. The fraction of sp³-hybridized carbons (Fsp3) is 0.457. The molecule has 1 saturated carbocycles. The van der Waals surface area contributed by atoms with E-state index >= 15 is 4.39 Å². The molecule has 5 heterocycles. The molecule has 2 bridgehead atoms. The standard InChI is InChI=1S/C35H36F3N5O2/c1-3-25-28(37)8-7-20-11-24(44)12-26(29(20)25)31-30(38)32-27(14-39-31)33(42-15-21-5-6-22(16-42)19(21)2)41-34(40-32)45-18-35-9-4-10-43(35)17-23(36)13-35/h7-8,11-12,14,21-23,44H,2-6,9-10,13,15-18H2,1H3/t21-,22+,23-,35+/m1/s1. The van der Waals surface area contributed by atoms with Crippen molar-refractivity contribution in [3.05, 3.63) is 59.8 Å². The Bertz CT molecular complexity index is 1850. The molecule has 1 aliphatic carbocycles. The zero-order valence-electron chi connectivity index (χ0n) is 25.3. The number of pyridine rings is 1. The first-order valence-corrected chi connectivity index (χ1v) is 16.0. The molecule has 7 nitrogen and oxygen atoms in total. The molecule has 4 aliphatic rings. The number of halogens is 3. The van der Waals surface area contributed by atoms with Gasteiger partial charge < -0.3 is 14.7 Å². The van der Waals surface area contributed by atoms with Crippen LogP contribution >= 0.6 is 0 Å². The van der Waals surface area contributed by atoms with Crippen LogP contribution in [-0.4, -0.2) is 69.5 Å². The minimum Gasteiger partial charge on any atom is -0.508 e. The van der Waals surface area contributed by atoms with Crippen LogP contribution in [0.1, 0.15) is 44.6 Å². The highest BCUT2D eigenvalue weighted by Gasteiger charge is 2.49. The van der Waals surface area contributed by atoms with Gasteiger partial charge in [-0.15, -0.1) is 0 Å². The second kappa shape index (κ2) is 10.6. The van der Waals surface area contributed by atoms with Gasteiger partial charge in [-0.25, -0.2) is 13.2 Å². The van der Waals surface area contributed by atoms with Gasteiger partial charge in [0.1, 0.15) is 41.4 Å². The highest BCUT2D eigenvalue weighted by atomic mass is 19.1. The first-order chi connectivity index (χ1) is 21.7. The lowest BCUT2D eigenvalue weighted by atomic mass is 9.93. The third-order valence-electron chi connectivity index (χ3n) is 10.7. The maximum absolute atomic E-state index is 16.8. The SMILES string of the molecule is C=C1[C@@H]2CC[C@H]1CN(c1nc(OC[C@@]34CCCN3C[C@H](F)C4)nc3c(F)c(-c4cc(O)cc5ccc(F)c(CC)c45)ncc13)C2. The molecular formula is C35H36F3N5O2. The van der Waals surface area contributed by atoms with Crippen molar-refractivity contribution in [2.45, 2.75) is 57.2 Å². The maximum Gasteiger partial charge on any atom is 0.319 e. The van der Waals surface area contributed by atoms with Gasteiger partial charge in [-0.05, 0) is 85.0 Å². The second-order valence-electron chi connectivity index (χ2n) is 13.3. The summed E-state index contributed by atoms with van der Waals surface area (Å²) in [7, 11) is 0. The van der Waals surface area contributed by atoms with E-state index in [9.17, 15) is 13.9 Å². The van der Waals surface area contributed by atoms with Gasteiger partial charge in [0.15, 0.2) is 5.82 Å². The molecule has 10 heteroatoms. The summed E-state index contributed by atoms with van der Waals surface area (Å²) in [6.45, 7) is 9.03. The van der Waals surface area contributed by atoms with E-state index < -0.39 is 23.3 Å². The Balaban J connectivity index is 1.27. The lowest BCUT2D eigenvalue weighted by Gasteiger charge is -2.35. The number of rotatable bonds is 6. The Kier molecular flexibility index (Phi) is 6.71. The number of hydrogen-bond acceptors (Lipinski definition) is 7. The Labute approximate surface area is 259 Å². The predicted octanol–water partition coefficient (Wildman–Crippen LogP) is 6.75. The summed E-state index contributed by atoms with van der Waals surface area (Å²) in [5, 5.41) is 12.1. The van der Waals surface area contributed by atoms with Crippen LogP contribution in [0.25, 0.3) is 32.9 Å². The van der Waals surface area contributed by atoms with Gasteiger partial charge in [-0.2, -0.15) is 9.97 Å². The maximum atomic E-state index is 16.8. The number of alkyl halides is 1. The van der Waals surface area contributed by atoms with E-state index in [4.69, 9.17) is 9.72 Å². The van der Waals surface area contributed by atoms with Crippen LogP contribution in [0.3, 0.4) is 0 Å². The molecule has 45 heavy (non-hydrogen) atoms. The fourth-order valence-electron chi connectivity index (χ4n) is 8.50. The van der Waals surface area contributed by atoms with Crippen LogP contribution in [0.15, 0.2) is 42.6 Å². The number of hydrogen-bond donors (Lipinski definition) is 1. The van der Waals surface area contributed by atoms with Gasteiger partial charge in [-0.1, -0.05) is 25.1 Å². The van der Waals surface area contributed by atoms with E-state index in [1.165, 1.54) is 23.8 Å². The van der Waals surface area contributed by atoms with Crippen molar-refractivity contribution < 1.29 is 23.0 Å². The Morgan fingerprint density at radius 2 is 1.91 bits per heavy atom. The average Bonchev–Trinajstić information content (AvgIpc) is 3.60. The number of ether oxygens (including phenoxy) is 1. The molecule has 4 atom stereocenters. The summed E-state index contributed by atoms with van der Waals surface area (Å²) in [6, 6.07) is 5.94. The van der Waals surface area contributed by atoms with E-state index in [1.54, 1.807) is 12.3 Å². The first kappa shape index (κ1) is 28.5. The van der Waals surface area contributed by atoms with Gasteiger partial charge in [0, 0.05) is 37.8 Å². The highest BCUT2D eigenvalue weighted by molar-refractivity contribution is 6.01. The number of aryl methyl sites for hydroxylation is 1. The molecule has 2 aromatic carbocycles. The van der Waals surface area contributed by atoms with Crippen LogP contribution in [0.5, 0.6) is 11.8 Å².